The number of hydrogen-bond acceptors (Lipinski definition) is 3. The maximum absolute atomic E-state index is 12.2. The number of aromatic nitrogens is 2. The molecule has 0 spiro atoms. The van der Waals surface area contributed by atoms with Crippen molar-refractivity contribution in [3.63, 3.8) is 0 Å². The maximum Gasteiger partial charge on any atom is 0.170 e. The average Bonchev–Trinajstić information content (AvgIpc) is 2.70. The van der Waals surface area contributed by atoms with Crippen LogP contribution in [0.4, 0.5) is 5.69 Å². The maximum atomic E-state index is 12.2. The van der Waals surface area contributed by atoms with Gasteiger partial charge in [0.05, 0.1) is 12.1 Å². The first kappa shape index (κ1) is 12.4. The third-order valence-electron chi connectivity index (χ3n) is 2.99. The Morgan fingerprint density at radius 3 is 2.72 bits per heavy atom. The highest BCUT2D eigenvalue weighted by atomic mass is 16.1. The molecule has 0 aliphatic carbocycles. The third-order valence-corrected chi connectivity index (χ3v) is 2.99. The Kier molecular flexibility index (Phi) is 3.46. The lowest BCUT2D eigenvalue weighted by atomic mass is 10.0. The summed E-state index contributed by atoms with van der Waals surface area (Å²) in [5.74, 6) is 0.0266. The molecule has 2 rings (SSSR count). The van der Waals surface area contributed by atoms with Crippen molar-refractivity contribution in [3.8, 4) is 0 Å². The second-order valence-electron chi connectivity index (χ2n) is 4.29. The van der Waals surface area contributed by atoms with Crippen LogP contribution >= 0.6 is 0 Å². The molecule has 1 heterocycles. The summed E-state index contributed by atoms with van der Waals surface area (Å²) in [4.78, 5) is 12.2. The molecule has 2 N–H and O–H groups in total. The molecule has 4 heteroatoms. The monoisotopic (exact) mass is 243 g/mol. The molecule has 0 saturated heterocycles. The summed E-state index contributed by atoms with van der Waals surface area (Å²) in [5, 5.41) is 4.33. The number of carbonyl (C=O) groups is 1. The fourth-order valence-electron chi connectivity index (χ4n) is 1.92. The van der Waals surface area contributed by atoms with Crippen LogP contribution in [-0.2, 0) is 19.9 Å². The number of aryl methyl sites for hydroxylation is 2. The van der Waals surface area contributed by atoms with Crippen molar-refractivity contribution < 1.29 is 4.79 Å². The molecule has 1 aromatic heterocycles. The molecule has 0 amide bonds. The van der Waals surface area contributed by atoms with E-state index in [2.05, 4.69) is 5.10 Å². The van der Waals surface area contributed by atoms with Gasteiger partial charge in [-0.1, -0.05) is 19.1 Å². The van der Waals surface area contributed by atoms with Crippen LogP contribution in [0.15, 0.2) is 30.3 Å². The predicted molar refractivity (Wildman–Crippen MR) is 71.5 cm³/mol. The van der Waals surface area contributed by atoms with Gasteiger partial charge in [0, 0.05) is 24.0 Å². The zero-order valence-electron chi connectivity index (χ0n) is 10.7. The molecule has 0 bridgehead atoms. The predicted octanol–water partition coefficient (Wildman–Crippen LogP) is 1.99. The van der Waals surface area contributed by atoms with Crippen molar-refractivity contribution in [2.45, 2.75) is 19.8 Å². The Hall–Kier alpha value is -2.10. The summed E-state index contributed by atoms with van der Waals surface area (Å²) in [6.07, 6.45) is 1.20. The van der Waals surface area contributed by atoms with Crippen molar-refractivity contribution in [1.29, 1.82) is 0 Å². The molecule has 94 valence electrons. The number of Topliss-reactive ketones (excluding diaryl/α,β-unsaturated/α-hetero) is 1. The molecule has 0 aliphatic rings. The fourth-order valence-corrected chi connectivity index (χ4v) is 1.92. The summed E-state index contributed by atoms with van der Waals surface area (Å²) < 4.78 is 1.76. The summed E-state index contributed by atoms with van der Waals surface area (Å²) in [7, 11) is 1.86. The number of benzene rings is 1. The quantitative estimate of drug-likeness (QED) is 0.660. The van der Waals surface area contributed by atoms with Gasteiger partial charge >= 0.3 is 0 Å². The minimum absolute atomic E-state index is 0.0266. The molecule has 0 radical (unpaired) electrons. The van der Waals surface area contributed by atoms with Gasteiger partial charge in [-0.3, -0.25) is 9.48 Å². The Balaban J connectivity index is 2.21. The Morgan fingerprint density at radius 2 is 2.11 bits per heavy atom. The number of para-hydroxylation sites is 1. The highest BCUT2D eigenvalue weighted by Crippen LogP contribution is 2.14. The molecule has 0 fully saturated rings. The van der Waals surface area contributed by atoms with Crippen LogP contribution in [0.2, 0.25) is 0 Å². The second-order valence-corrected chi connectivity index (χ2v) is 4.29. The molecule has 2 aromatic rings. The van der Waals surface area contributed by atoms with E-state index < -0.39 is 0 Å². The summed E-state index contributed by atoms with van der Waals surface area (Å²) in [6, 6.07) is 9.12. The fraction of sp³-hybridized carbons (Fsp3) is 0.286. The van der Waals surface area contributed by atoms with E-state index in [1.54, 1.807) is 16.8 Å². The largest absolute Gasteiger partial charge is 0.398 e. The van der Waals surface area contributed by atoms with Crippen LogP contribution in [-0.4, -0.2) is 15.6 Å². The van der Waals surface area contributed by atoms with E-state index in [9.17, 15) is 4.79 Å². The average molecular weight is 243 g/mol. The van der Waals surface area contributed by atoms with Crippen molar-refractivity contribution in [3.05, 3.63) is 47.3 Å². The first-order valence-electron chi connectivity index (χ1n) is 6.01. The number of hydrogen-bond donors (Lipinski definition) is 1. The van der Waals surface area contributed by atoms with Crippen LogP contribution in [0.25, 0.3) is 0 Å². The van der Waals surface area contributed by atoms with E-state index in [1.807, 2.05) is 32.2 Å². The normalized spacial score (nSPS) is 10.6. The molecule has 0 unspecified atom stereocenters. The van der Waals surface area contributed by atoms with Crippen LogP contribution in [0.1, 0.15) is 28.7 Å². The summed E-state index contributed by atoms with van der Waals surface area (Å²) in [5.41, 5.74) is 8.83. The van der Waals surface area contributed by atoms with Gasteiger partial charge in [0.15, 0.2) is 5.78 Å². The molecular formula is C14H17N3O. The highest BCUT2D eigenvalue weighted by molar-refractivity contribution is 6.01. The zero-order valence-corrected chi connectivity index (χ0v) is 10.7. The number of ketones is 1. The number of nitrogens with zero attached hydrogens (tertiary/aromatic N) is 2. The molecule has 0 aliphatic heterocycles. The lowest BCUT2D eigenvalue weighted by molar-refractivity contribution is 0.0991. The number of anilines is 1. The van der Waals surface area contributed by atoms with Crippen LogP contribution in [0.3, 0.4) is 0 Å². The van der Waals surface area contributed by atoms with Crippen molar-refractivity contribution in [1.82, 2.24) is 9.78 Å². The molecule has 0 saturated carbocycles. The van der Waals surface area contributed by atoms with E-state index in [0.29, 0.717) is 17.7 Å². The first-order chi connectivity index (χ1) is 8.61. The smallest absolute Gasteiger partial charge is 0.170 e. The number of carbonyl (C=O) groups excluding carboxylic acids is 1. The highest BCUT2D eigenvalue weighted by Gasteiger charge is 2.13. The van der Waals surface area contributed by atoms with Crippen molar-refractivity contribution in [2.75, 3.05) is 5.73 Å². The Morgan fingerprint density at radius 1 is 1.39 bits per heavy atom. The molecule has 0 atom stereocenters. The van der Waals surface area contributed by atoms with Crippen molar-refractivity contribution >= 4 is 11.5 Å². The Bertz CT molecular complexity index is 572. The van der Waals surface area contributed by atoms with Gasteiger partial charge < -0.3 is 5.73 Å². The summed E-state index contributed by atoms with van der Waals surface area (Å²) in [6.45, 7) is 2.04. The van der Waals surface area contributed by atoms with Gasteiger partial charge in [0.25, 0.3) is 0 Å². The second kappa shape index (κ2) is 5.04. The molecular weight excluding hydrogens is 226 g/mol. The van der Waals surface area contributed by atoms with Gasteiger partial charge in [-0.05, 0) is 24.6 Å². The molecule has 4 nitrogen and oxygen atoms in total. The van der Waals surface area contributed by atoms with E-state index in [4.69, 9.17) is 5.73 Å². The van der Waals surface area contributed by atoms with Crippen LogP contribution in [0, 0.1) is 0 Å². The van der Waals surface area contributed by atoms with Gasteiger partial charge in [0.1, 0.15) is 0 Å². The van der Waals surface area contributed by atoms with Gasteiger partial charge in [-0.2, -0.15) is 5.10 Å². The summed E-state index contributed by atoms with van der Waals surface area (Å²) >= 11 is 0. The molecule has 1 aromatic carbocycles. The SMILES string of the molecule is CCc1cc(CC(=O)c2ccccc2N)n(C)n1. The lowest BCUT2D eigenvalue weighted by Crippen LogP contribution is -2.09. The standard InChI is InChI=1S/C14H17N3O/c1-3-10-8-11(17(2)16-10)9-14(18)12-6-4-5-7-13(12)15/h4-8H,3,9,15H2,1-2H3. The third kappa shape index (κ3) is 2.42. The van der Waals surface area contributed by atoms with Crippen molar-refractivity contribution in [2.24, 2.45) is 7.05 Å². The van der Waals surface area contributed by atoms with E-state index in [0.717, 1.165) is 17.8 Å². The van der Waals surface area contributed by atoms with Crippen LogP contribution in [0.5, 0.6) is 0 Å². The number of rotatable bonds is 4. The number of nitrogens with two attached hydrogens (primary N) is 1. The number of nitrogen functional groups attached to an aromatic ring is 1. The zero-order chi connectivity index (χ0) is 13.1. The first-order valence-corrected chi connectivity index (χ1v) is 6.01. The molecule has 18 heavy (non-hydrogen) atoms. The van der Waals surface area contributed by atoms with E-state index in [-0.39, 0.29) is 5.78 Å². The van der Waals surface area contributed by atoms with Gasteiger partial charge in [-0.25, -0.2) is 0 Å². The van der Waals surface area contributed by atoms with E-state index in [1.165, 1.54) is 0 Å². The minimum atomic E-state index is 0.0266. The lowest BCUT2D eigenvalue weighted by Gasteiger charge is -2.04. The van der Waals surface area contributed by atoms with E-state index >= 15 is 0 Å². The van der Waals surface area contributed by atoms with Crippen LogP contribution < -0.4 is 5.73 Å². The topological polar surface area (TPSA) is 60.9 Å². The van der Waals surface area contributed by atoms with Gasteiger partial charge in [-0.15, -0.1) is 0 Å². The minimum Gasteiger partial charge on any atom is -0.398 e. The Labute approximate surface area is 106 Å². The van der Waals surface area contributed by atoms with Gasteiger partial charge in [0.2, 0.25) is 0 Å².